The molecular formula is C19H14N2O5. The molecule has 7 nitrogen and oxygen atoms in total. The van der Waals surface area contributed by atoms with Crippen LogP contribution in [0.15, 0.2) is 57.9 Å². The fraction of sp³-hybridized carbons (Fsp3) is 0.105. The molecule has 2 aromatic heterocycles. The van der Waals surface area contributed by atoms with E-state index in [2.05, 4.69) is 10.2 Å². The van der Waals surface area contributed by atoms with Crippen LogP contribution in [0.25, 0.3) is 21.9 Å². The van der Waals surface area contributed by atoms with E-state index >= 15 is 0 Å². The average Bonchev–Trinajstić information content (AvgIpc) is 3.12. The molecule has 0 aliphatic carbocycles. The van der Waals surface area contributed by atoms with Crippen molar-refractivity contribution in [2.24, 2.45) is 0 Å². The monoisotopic (exact) mass is 350 g/mol. The van der Waals surface area contributed by atoms with Crippen LogP contribution in [-0.4, -0.2) is 23.3 Å². The number of carbonyl (C=O) groups excluding carboxylic acids is 1. The van der Waals surface area contributed by atoms with Gasteiger partial charge in [0.1, 0.15) is 17.9 Å². The van der Waals surface area contributed by atoms with E-state index < -0.39 is 11.6 Å². The van der Waals surface area contributed by atoms with Crippen molar-refractivity contribution in [1.82, 2.24) is 10.2 Å². The molecule has 0 spiro atoms. The maximum Gasteiger partial charge on any atom is 0.338 e. The Morgan fingerprint density at radius 2 is 2.08 bits per heavy atom. The van der Waals surface area contributed by atoms with Gasteiger partial charge in [0, 0.05) is 28.5 Å². The smallest absolute Gasteiger partial charge is 0.338 e. The number of nitrogens with one attached hydrogen (secondary N) is 1. The Bertz CT molecular complexity index is 1180. The summed E-state index contributed by atoms with van der Waals surface area (Å²) in [4.78, 5) is 24.1. The molecule has 0 bridgehead atoms. The van der Waals surface area contributed by atoms with E-state index in [0.29, 0.717) is 27.8 Å². The first-order chi connectivity index (χ1) is 12.6. The van der Waals surface area contributed by atoms with Crippen molar-refractivity contribution >= 4 is 27.8 Å². The number of aromatic nitrogens is 2. The van der Waals surface area contributed by atoms with Crippen molar-refractivity contribution in [3.63, 3.8) is 0 Å². The Morgan fingerprint density at radius 1 is 1.19 bits per heavy atom. The van der Waals surface area contributed by atoms with Gasteiger partial charge in [-0.1, -0.05) is 6.07 Å². The number of fused-ring (bicyclic) bond motifs is 2. The van der Waals surface area contributed by atoms with Crippen LogP contribution >= 0.6 is 0 Å². The van der Waals surface area contributed by atoms with Crippen LogP contribution in [0, 0.1) is 0 Å². The number of aromatic amines is 1. The Balaban J connectivity index is 1.60. The number of carbonyl (C=O) groups is 1. The molecule has 130 valence electrons. The van der Waals surface area contributed by atoms with Crippen molar-refractivity contribution in [1.29, 1.82) is 0 Å². The number of methoxy groups -OCH3 is 1. The topological polar surface area (TPSA) is 94.4 Å². The molecule has 0 amide bonds. The fourth-order valence-corrected chi connectivity index (χ4v) is 2.75. The quantitative estimate of drug-likeness (QED) is 0.449. The number of rotatable bonds is 4. The minimum atomic E-state index is -0.518. The molecule has 26 heavy (non-hydrogen) atoms. The van der Waals surface area contributed by atoms with Crippen LogP contribution in [0.5, 0.6) is 5.75 Å². The lowest BCUT2D eigenvalue weighted by Crippen LogP contribution is -2.08. The molecule has 0 radical (unpaired) electrons. The van der Waals surface area contributed by atoms with E-state index in [1.54, 1.807) is 42.6 Å². The van der Waals surface area contributed by atoms with Crippen LogP contribution in [0.3, 0.4) is 0 Å². The third-order valence-corrected chi connectivity index (χ3v) is 4.07. The molecule has 7 heteroatoms. The van der Waals surface area contributed by atoms with Gasteiger partial charge in [0.15, 0.2) is 0 Å². The normalized spacial score (nSPS) is 11.0. The van der Waals surface area contributed by atoms with Crippen molar-refractivity contribution < 1.29 is 18.7 Å². The number of H-pyrrole nitrogens is 1. The number of nitrogens with zero attached hydrogens (tertiary/aromatic N) is 1. The van der Waals surface area contributed by atoms with E-state index in [1.165, 1.54) is 13.2 Å². The number of hydrogen-bond acceptors (Lipinski definition) is 6. The molecule has 4 aromatic rings. The molecule has 2 heterocycles. The van der Waals surface area contributed by atoms with Gasteiger partial charge in [-0.3, -0.25) is 5.10 Å². The van der Waals surface area contributed by atoms with Crippen LogP contribution < -0.4 is 10.4 Å². The summed E-state index contributed by atoms with van der Waals surface area (Å²) < 4.78 is 15.7. The summed E-state index contributed by atoms with van der Waals surface area (Å²) in [6.07, 6.45) is 1.67. The molecule has 0 fully saturated rings. The Hall–Kier alpha value is -3.61. The summed E-state index contributed by atoms with van der Waals surface area (Å²) in [5.41, 5.74) is 1.57. The van der Waals surface area contributed by atoms with E-state index in [9.17, 15) is 9.59 Å². The predicted molar refractivity (Wildman–Crippen MR) is 94.2 cm³/mol. The first kappa shape index (κ1) is 15.9. The van der Waals surface area contributed by atoms with Gasteiger partial charge in [0.2, 0.25) is 0 Å². The largest absolute Gasteiger partial charge is 0.497 e. The molecular weight excluding hydrogens is 336 g/mol. The number of ether oxygens (including phenoxy) is 2. The average molecular weight is 350 g/mol. The highest BCUT2D eigenvalue weighted by Gasteiger charge is 2.12. The van der Waals surface area contributed by atoms with Gasteiger partial charge in [-0.2, -0.15) is 5.10 Å². The second-order valence-corrected chi connectivity index (χ2v) is 5.70. The van der Waals surface area contributed by atoms with Gasteiger partial charge in [0.05, 0.1) is 24.4 Å². The molecule has 1 N–H and O–H groups in total. The first-order valence-electron chi connectivity index (χ1n) is 7.85. The molecule has 0 saturated carbocycles. The Morgan fingerprint density at radius 3 is 2.92 bits per heavy atom. The zero-order valence-electron chi connectivity index (χ0n) is 13.8. The number of hydrogen-bond donors (Lipinski definition) is 1. The first-order valence-corrected chi connectivity index (χ1v) is 7.85. The predicted octanol–water partition coefficient (Wildman–Crippen LogP) is 3.03. The molecule has 2 aromatic carbocycles. The second kappa shape index (κ2) is 6.36. The van der Waals surface area contributed by atoms with Crippen molar-refractivity contribution in [3.05, 3.63) is 70.2 Å². The zero-order valence-corrected chi connectivity index (χ0v) is 13.8. The maximum absolute atomic E-state index is 12.3. The van der Waals surface area contributed by atoms with E-state index in [4.69, 9.17) is 13.9 Å². The third kappa shape index (κ3) is 2.90. The summed E-state index contributed by atoms with van der Waals surface area (Å²) in [6, 6.07) is 11.6. The van der Waals surface area contributed by atoms with Gasteiger partial charge in [-0.15, -0.1) is 0 Å². The minimum absolute atomic E-state index is 0.0473. The highest BCUT2D eigenvalue weighted by atomic mass is 16.5. The summed E-state index contributed by atoms with van der Waals surface area (Å²) in [7, 11) is 1.53. The lowest BCUT2D eigenvalue weighted by atomic mass is 10.1. The molecule has 0 aliphatic rings. The van der Waals surface area contributed by atoms with E-state index in [0.717, 1.165) is 10.9 Å². The third-order valence-electron chi connectivity index (χ3n) is 4.07. The molecule has 0 unspecified atom stereocenters. The minimum Gasteiger partial charge on any atom is -0.497 e. The maximum atomic E-state index is 12.3. The Kier molecular flexibility index (Phi) is 3.89. The highest BCUT2D eigenvalue weighted by Crippen LogP contribution is 2.23. The van der Waals surface area contributed by atoms with Gasteiger partial charge in [-0.25, -0.2) is 9.59 Å². The molecule has 4 rings (SSSR count). The molecule has 0 saturated heterocycles. The Labute approximate surface area is 147 Å². The number of benzene rings is 2. The SMILES string of the molecule is COc1ccc2c(COC(=O)c3ccc4cn[nH]c4c3)cc(=O)oc2c1. The van der Waals surface area contributed by atoms with Crippen LogP contribution in [0.1, 0.15) is 15.9 Å². The summed E-state index contributed by atoms with van der Waals surface area (Å²) in [5, 5.41) is 8.32. The zero-order chi connectivity index (χ0) is 18.1. The summed E-state index contributed by atoms with van der Waals surface area (Å²) >= 11 is 0. The van der Waals surface area contributed by atoms with Crippen molar-refractivity contribution in [2.45, 2.75) is 6.61 Å². The fourth-order valence-electron chi connectivity index (χ4n) is 2.75. The van der Waals surface area contributed by atoms with Gasteiger partial charge in [0.25, 0.3) is 0 Å². The van der Waals surface area contributed by atoms with Gasteiger partial charge >= 0.3 is 11.6 Å². The van der Waals surface area contributed by atoms with Crippen molar-refractivity contribution in [3.8, 4) is 5.75 Å². The van der Waals surface area contributed by atoms with Gasteiger partial charge in [-0.05, 0) is 24.3 Å². The van der Waals surface area contributed by atoms with Gasteiger partial charge < -0.3 is 13.9 Å². The summed E-state index contributed by atoms with van der Waals surface area (Å²) in [6.45, 7) is -0.0473. The standard InChI is InChI=1S/C19H14N2O5/c1-24-14-4-5-15-13(7-18(22)26-17(15)8-14)10-25-19(23)11-2-3-12-9-20-21-16(12)6-11/h2-9H,10H2,1H3,(H,20,21). The van der Waals surface area contributed by atoms with E-state index in [-0.39, 0.29) is 6.61 Å². The lowest BCUT2D eigenvalue weighted by molar-refractivity contribution is 0.0474. The second-order valence-electron chi connectivity index (χ2n) is 5.70. The van der Waals surface area contributed by atoms with Crippen LogP contribution in [0.2, 0.25) is 0 Å². The lowest BCUT2D eigenvalue weighted by Gasteiger charge is -2.08. The van der Waals surface area contributed by atoms with Crippen LogP contribution in [-0.2, 0) is 11.3 Å². The summed E-state index contributed by atoms with van der Waals surface area (Å²) in [5.74, 6) is 0.0825. The molecule has 0 atom stereocenters. The van der Waals surface area contributed by atoms with E-state index in [1.807, 2.05) is 0 Å². The van der Waals surface area contributed by atoms with Crippen LogP contribution in [0.4, 0.5) is 0 Å². The highest BCUT2D eigenvalue weighted by molar-refractivity contribution is 5.94. The van der Waals surface area contributed by atoms with Crippen molar-refractivity contribution in [2.75, 3.05) is 7.11 Å². The molecule has 0 aliphatic heterocycles. The number of esters is 1.